The fraction of sp³-hybridized carbons (Fsp3) is 0.455. The lowest BCUT2D eigenvalue weighted by atomic mass is 10.3. The smallest absolute Gasteiger partial charge is 0.119 e. The molecular weight excluding hydrogens is 196 g/mol. The van der Waals surface area contributed by atoms with Gasteiger partial charge in [0.05, 0.1) is 6.10 Å². The Kier molecular flexibility index (Phi) is 5.49. The second-order valence-electron chi connectivity index (χ2n) is 2.94. The molecule has 0 aromatic heterocycles. The molecular formula is C11H16O2S. The van der Waals surface area contributed by atoms with Crippen molar-refractivity contribution in [3.05, 3.63) is 30.3 Å². The quantitative estimate of drug-likeness (QED) is 0.783. The van der Waals surface area contributed by atoms with Crippen molar-refractivity contribution >= 4 is 11.8 Å². The van der Waals surface area contributed by atoms with Crippen molar-refractivity contribution in [2.75, 3.05) is 18.1 Å². The van der Waals surface area contributed by atoms with Gasteiger partial charge >= 0.3 is 0 Å². The number of hydrogen-bond donors (Lipinski definition) is 1. The first kappa shape index (κ1) is 11.4. The summed E-state index contributed by atoms with van der Waals surface area (Å²) < 4.78 is 5.40. The predicted octanol–water partition coefficient (Wildman–Crippen LogP) is 2.18. The average molecular weight is 212 g/mol. The van der Waals surface area contributed by atoms with Crippen LogP contribution in [-0.4, -0.2) is 29.3 Å². The van der Waals surface area contributed by atoms with E-state index in [2.05, 4.69) is 6.92 Å². The van der Waals surface area contributed by atoms with Crippen molar-refractivity contribution in [3.8, 4) is 5.75 Å². The molecule has 0 aliphatic carbocycles. The van der Waals surface area contributed by atoms with Gasteiger partial charge in [0, 0.05) is 5.75 Å². The third-order valence-electron chi connectivity index (χ3n) is 1.70. The van der Waals surface area contributed by atoms with Gasteiger partial charge in [-0.05, 0) is 17.9 Å². The van der Waals surface area contributed by atoms with Gasteiger partial charge in [-0.2, -0.15) is 11.8 Å². The summed E-state index contributed by atoms with van der Waals surface area (Å²) in [6.07, 6.45) is -0.375. The van der Waals surface area contributed by atoms with Gasteiger partial charge in [0.1, 0.15) is 12.4 Å². The number of benzene rings is 1. The highest BCUT2D eigenvalue weighted by Gasteiger charge is 2.03. The van der Waals surface area contributed by atoms with E-state index in [1.807, 2.05) is 30.3 Å². The van der Waals surface area contributed by atoms with Crippen LogP contribution in [0, 0.1) is 0 Å². The van der Waals surface area contributed by atoms with Gasteiger partial charge in [0.2, 0.25) is 0 Å². The number of ether oxygens (including phenoxy) is 1. The van der Waals surface area contributed by atoms with Crippen LogP contribution < -0.4 is 4.74 Å². The Morgan fingerprint density at radius 2 is 2.07 bits per heavy atom. The standard InChI is InChI=1S/C11H16O2S/c1-2-14-9-10(12)8-13-11-6-4-3-5-7-11/h3-7,10,12H,2,8-9H2,1H3. The van der Waals surface area contributed by atoms with Crippen molar-refractivity contribution in [1.82, 2.24) is 0 Å². The van der Waals surface area contributed by atoms with Crippen LogP contribution in [0.25, 0.3) is 0 Å². The molecule has 0 spiro atoms. The second kappa shape index (κ2) is 6.74. The van der Waals surface area contributed by atoms with E-state index in [1.54, 1.807) is 11.8 Å². The Bertz CT molecular complexity index is 238. The van der Waals surface area contributed by atoms with E-state index < -0.39 is 0 Å². The molecule has 3 heteroatoms. The van der Waals surface area contributed by atoms with Crippen LogP contribution in [-0.2, 0) is 0 Å². The maximum absolute atomic E-state index is 9.50. The molecule has 78 valence electrons. The molecule has 1 rings (SSSR count). The first-order chi connectivity index (χ1) is 6.83. The number of thioether (sulfide) groups is 1. The van der Waals surface area contributed by atoms with Crippen LogP contribution in [0.1, 0.15) is 6.92 Å². The maximum Gasteiger partial charge on any atom is 0.119 e. The third kappa shape index (κ3) is 4.53. The second-order valence-corrected chi connectivity index (χ2v) is 4.26. The van der Waals surface area contributed by atoms with Gasteiger partial charge in [-0.1, -0.05) is 25.1 Å². The topological polar surface area (TPSA) is 29.5 Å². The molecule has 0 heterocycles. The van der Waals surface area contributed by atoms with Crippen LogP contribution in [0.5, 0.6) is 5.75 Å². The first-order valence-corrected chi connectivity index (χ1v) is 5.92. The van der Waals surface area contributed by atoms with Gasteiger partial charge < -0.3 is 9.84 Å². The zero-order valence-electron chi connectivity index (χ0n) is 8.35. The van der Waals surface area contributed by atoms with Crippen LogP contribution >= 0.6 is 11.8 Å². The Balaban J connectivity index is 2.20. The van der Waals surface area contributed by atoms with Crippen molar-refractivity contribution in [3.63, 3.8) is 0 Å². The van der Waals surface area contributed by atoms with E-state index in [0.29, 0.717) is 6.61 Å². The monoisotopic (exact) mass is 212 g/mol. The summed E-state index contributed by atoms with van der Waals surface area (Å²) in [4.78, 5) is 0. The molecule has 0 aliphatic heterocycles. The zero-order valence-corrected chi connectivity index (χ0v) is 9.17. The molecule has 1 unspecified atom stereocenters. The highest BCUT2D eigenvalue weighted by atomic mass is 32.2. The molecule has 1 atom stereocenters. The fourth-order valence-corrected chi connectivity index (χ4v) is 1.62. The lowest BCUT2D eigenvalue weighted by Gasteiger charge is -2.11. The molecule has 1 aromatic carbocycles. The van der Waals surface area contributed by atoms with Gasteiger partial charge in [-0.25, -0.2) is 0 Å². The molecule has 0 radical (unpaired) electrons. The molecule has 1 N–H and O–H groups in total. The number of para-hydroxylation sites is 1. The van der Waals surface area contributed by atoms with Gasteiger partial charge in [-0.3, -0.25) is 0 Å². The zero-order chi connectivity index (χ0) is 10.2. The molecule has 0 saturated carbocycles. The van der Waals surface area contributed by atoms with E-state index in [4.69, 9.17) is 4.74 Å². The molecule has 2 nitrogen and oxygen atoms in total. The van der Waals surface area contributed by atoms with E-state index >= 15 is 0 Å². The largest absolute Gasteiger partial charge is 0.491 e. The van der Waals surface area contributed by atoms with Crippen molar-refractivity contribution in [1.29, 1.82) is 0 Å². The SMILES string of the molecule is CCSCC(O)COc1ccccc1. The van der Waals surface area contributed by atoms with E-state index in [-0.39, 0.29) is 6.10 Å². The summed E-state index contributed by atoms with van der Waals surface area (Å²) in [7, 11) is 0. The minimum atomic E-state index is -0.375. The highest BCUT2D eigenvalue weighted by Crippen LogP contribution is 2.09. The van der Waals surface area contributed by atoms with Crippen molar-refractivity contribution in [2.24, 2.45) is 0 Å². The van der Waals surface area contributed by atoms with Gasteiger partial charge in [-0.15, -0.1) is 0 Å². The van der Waals surface area contributed by atoms with E-state index in [0.717, 1.165) is 17.3 Å². The summed E-state index contributed by atoms with van der Waals surface area (Å²) >= 11 is 1.72. The van der Waals surface area contributed by atoms with Gasteiger partial charge in [0.25, 0.3) is 0 Å². The summed E-state index contributed by atoms with van der Waals surface area (Å²) in [6, 6.07) is 9.56. The van der Waals surface area contributed by atoms with Crippen LogP contribution in [0.2, 0.25) is 0 Å². The molecule has 0 saturated heterocycles. The summed E-state index contributed by atoms with van der Waals surface area (Å²) in [5, 5.41) is 9.50. The lowest BCUT2D eigenvalue weighted by molar-refractivity contribution is 0.126. The van der Waals surface area contributed by atoms with E-state index in [9.17, 15) is 5.11 Å². The van der Waals surface area contributed by atoms with Gasteiger partial charge in [0.15, 0.2) is 0 Å². The predicted molar refractivity (Wildman–Crippen MR) is 60.9 cm³/mol. The first-order valence-electron chi connectivity index (χ1n) is 4.76. The molecule has 0 bridgehead atoms. The van der Waals surface area contributed by atoms with Crippen LogP contribution in [0.4, 0.5) is 0 Å². The van der Waals surface area contributed by atoms with Crippen molar-refractivity contribution in [2.45, 2.75) is 13.0 Å². The maximum atomic E-state index is 9.50. The van der Waals surface area contributed by atoms with Crippen molar-refractivity contribution < 1.29 is 9.84 Å². The number of hydrogen-bond acceptors (Lipinski definition) is 3. The molecule has 1 aromatic rings. The Morgan fingerprint density at radius 3 is 2.71 bits per heavy atom. The molecule has 0 aliphatic rings. The molecule has 0 fully saturated rings. The normalized spacial score (nSPS) is 12.4. The van der Waals surface area contributed by atoms with Crippen LogP contribution in [0.15, 0.2) is 30.3 Å². The summed E-state index contributed by atoms with van der Waals surface area (Å²) in [5.41, 5.74) is 0. The fourth-order valence-electron chi connectivity index (χ4n) is 1.01. The van der Waals surface area contributed by atoms with Crippen LogP contribution in [0.3, 0.4) is 0 Å². The van der Waals surface area contributed by atoms with E-state index in [1.165, 1.54) is 0 Å². The Morgan fingerprint density at radius 1 is 1.36 bits per heavy atom. The lowest BCUT2D eigenvalue weighted by Crippen LogP contribution is -2.20. The number of rotatable bonds is 6. The average Bonchev–Trinajstić information content (AvgIpc) is 2.25. The number of aliphatic hydroxyl groups is 1. The molecule has 14 heavy (non-hydrogen) atoms. The highest BCUT2D eigenvalue weighted by molar-refractivity contribution is 7.99. The minimum absolute atomic E-state index is 0.372. The summed E-state index contributed by atoms with van der Waals surface area (Å²) in [6.45, 7) is 2.45. The minimum Gasteiger partial charge on any atom is -0.491 e. The Hall–Kier alpha value is -0.670. The summed E-state index contributed by atoms with van der Waals surface area (Å²) in [5.74, 6) is 2.58. The molecule has 0 amide bonds. The third-order valence-corrected chi connectivity index (χ3v) is 2.73. The number of aliphatic hydroxyl groups excluding tert-OH is 1. The Labute approximate surface area is 89.3 Å².